The second kappa shape index (κ2) is 8.11. The maximum absolute atomic E-state index is 12.5. The van der Waals surface area contributed by atoms with Crippen LogP contribution in [0.2, 0.25) is 0 Å². The Labute approximate surface area is 112 Å². The molecule has 0 heterocycles. The topological polar surface area (TPSA) is 38.8 Å². The number of rotatable bonds is 9. The van der Waals surface area contributed by atoms with Gasteiger partial charge in [0.05, 0.1) is 13.2 Å². The normalized spacial score (nSPS) is 12.7. The van der Waals surface area contributed by atoms with Crippen molar-refractivity contribution in [2.24, 2.45) is 0 Å². The van der Waals surface area contributed by atoms with Gasteiger partial charge < -0.3 is 9.05 Å². The second-order valence-corrected chi connectivity index (χ2v) is 6.90. The summed E-state index contributed by atoms with van der Waals surface area (Å²) >= 11 is 0. The molecule has 18 heavy (non-hydrogen) atoms. The van der Waals surface area contributed by atoms with E-state index in [1.807, 2.05) is 13.8 Å². The molecular weight excluding hydrogens is 249 g/mol. The van der Waals surface area contributed by atoms with Crippen LogP contribution in [-0.2, 0) is 13.6 Å². The fourth-order valence-electron chi connectivity index (χ4n) is 1.82. The summed E-state index contributed by atoms with van der Waals surface area (Å²) in [6.07, 6.45) is 0. The largest absolute Gasteiger partial charge is 0.358 e. The van der Waals surface area contributed by atoms with Crippen LogP contribution in [0, 0.1) is 0 Å². The van der Waals surface area contributed by atoms with Gasteiger partial charge in [-0.2, -0.15) is 0 Å². The third kappa shape index (κ3) is 5.23. The minimum Gasteiger partial charge on any atom is -0.306 e. The predicted octanol–water partition coefficient (Wildman–Crippen LogP) is 3.89. The number of nitrogens with zero attached hydrogens (tertiary/aromatic N) is 1. The highest BCUT2D eigenvalue weighted by Gasteiger charge is 2.30. The zero-order valence-corrected chi connectivity index (χ0v) is 13.5. The van der Waals surface area contributed by atoms with Gasteiger partial charge in [0, 0.05) is 23.9 Å². The van der Waals surface area contributed by atoms with E-state index in [2.05, 4.69) is 39.2 Å². The molecule has 0 spiro atoms. The minimum atomic E-state index is -3.18. The summed E-state index contributed by atoms with van der Waals surface area (Å²) in [5.41, 5.74) is 0. The lowest BCUT2D eigenvalue weighted by Gasteiger charge is -2.32. The molecule has 5 heteroatoms. The van der Waals surface area contributed by atoms with E-state index in [0.29, 0.717) is 37.2 Å². The average Bonchev–Trinajstić information content (AvgIpc) is 2.25. The van der Waals surface area contributed by atoms with Crippen LogP contribution in [0.1, 0.15) is 41.5 Å². The SMILES string of the molecule is C=C(CN(C(C)C)C(C)C)P(=O)(OCC)OCC. The summed E-state index contributed by atoms with van der Waals surface area (Å²) in [5.74, 6) is 0. The van der Waals surface area contributed by atoms with Gasteiger partial charge in [-0.3, -0.25) is 9.46 Å². The Morgan fingerprint density at radius 3 is 1.78 bits per heavy atom. The van der Waals surface area contributed by atoms with Crippen molar-refractivity contribution in [3.8, 4) is 0 Å². The van der Waals surface area contributed by atoms with Crippen LogP contribution in [0.15, 0.2) is 11.9 Å². The van der Waals surface area contributed by atoms with Gasteiger partial charge in [-0.25, -0.2) is 0 Å². The summed E-state index contributed by atoms with van der Waals surface area (Å²) in [6.45, 7) is 17.2. The number of hydrogen-bond donors (Lipinski definition) is 0. The second-order valence-electron chi connectivity index (χ2n) is 4.76. The lowest BCUT2D eigenvalue weighted by atomic mass is 10.2. The maximum Gasteiger partial charge on any atom is 0.358 e. The molecule has 0 amide bonds. The van der Waals surface area contributed by atoms with Gasteiger partial charge in [-0.05, 0) is 41.5 Å². The summed E-state index contributed by atoms with van der Waals surface area (Å²) in [6, 6.07) is 0.719. The molecule has 0 bridgehead atoms. The van der Waals surface area contributed by atoms with E-state index in [1.54, 1.807) is 0 Å². The zero-order valence-electron chi connectivity index (χ0n) is 12.6. The fourth-order valence-corrected chi connectivity index (χ4v) is 3.27. The van der Waals surface area contributed by atoms with Gasteiger partial charge in [0.2, 0.25) is 0 Å². The van der Waals surface area contributed by atoms with Gasteiger partial charge in [-0.15, -0.1) is 0 Å². The summed E-state index contributed by atoms with van der Waals surface area (Å²) in [7, 11) is -3.18. The van der Waals surface area contributed by atoms with Gasteiger partial charge in [0.15, 0.2) is 0 Å². The molecule has 0 saturated heterocycles. The summed E-state index contributed by atoms with van der Waals surface area (Å²) in [4.78, 5) is 2.22. The molecule has 0 aromatic rings. The highest BCUT2D eigenvalue weighted by molar-refractivity contribution is 7.58. The van der Waals surface area contributed by atoms with Crippen LogP contribution in [0.5, 0.6) is 0 Å². The van der Waals surface area contributed by atoms with Crippen LogP contribution in [-0.4, -0.2) is 36.7 Å². The van der Waals surface area contributed by atoms with Crippen molar-refractivity contribution in [2.45, 2.75) is 53.6 Å². The molecule has 0 N–H and O–H groups in total. The molecule has 0 aromatic heterocycles. The van der Waals surface area contributed by atoms with E-state index in [9.17, 15) is 4.57 Å². The van der Waals surface area contributed by atoms with Gasteiger partial charge in [0.1, 0.15) is 0 Å². The minimum absolute atomic E-state index is 0.360. The molecule has 0 aliphatic carbocycles. The molecule has 4 nitrogen and oxygen atoms in total. The van der Waals surface area contributed by atoms with E-state index in [0.717, 1.165) is 0 Å². The van der Waals surface area contributed by atoms with Crippen molar-refractivity contribution in [1.82, 2.24) is 4.90 Å². The smallest absolute Gasteiger partial charge is 0.306 e. The van der Waals surface area contributed by atoms with Crippen molar-refractivity contribution in [3.05, 3.63) is 11.9 Å². The maximum atomic E-state index is 12.5. The van der Waals surface area contributed by atoms with Gasteiger partial charge >= 0.3 is 7.60 Å². The molecule has 0 radical (unpaired) electrons. The van der Waals surface area contributed by atoms with Crippen LogP contribution in [0.25, 0.3) is 0 Å². The Balaban J connectivity index is 4.83. The van der Waals surface area contributed by atoms with Gasteiger partial charge in [-0.1, -0.05) is 6.58 Å². The average molecular weight is 277 g/mol. The van der Waals surface area contributed by atoms with E-state index < -0.39 is 7.60 Å². The Bertz CT molecular complexity index is 285. The molecule has 0 rings (SSSR count). The molecule has 108 valence electrons. The van der Waals surface area contributed by atoms with Crippen LogP contribution >= 0.6 is 7.60 Å². The first kappa shape index (κ1) is 17.8. The third-order valence-corrected chi connectivity index (χ3v) is 4.79. The van der Waals surface area contributed by atoms with Crippen LogP contribution < -0.4 is 0 Å². The molecule has 0 aliphatic rings. The Kier molecular flexibility index (Phi) is 8.04. The van der Waals surface area contributed by atoms with Crippen LogP contribution in [0.4, 0.5) is 0 Å². The van der Waals surface area contributed by atoms with E-state index in [-0.39, 0.29) is 0 Å². The molecule has 0 unspecified atom stereocenters. The van der Waals surface area contributed by atoms with E-state index in [4.69, 9.17) is 9.05 Å². The summed E-state index contributed by atoms with van der Waals surface area (Å²) < 4.78 is 23.1. The Morgan fingerprint density at radius 2 is 1.50 bits per heavy atom. The van der Waals surface area contributed by atoms with Crippen molar-refractivity contribution in [1.29, 1.82) is 0 Å². The van der Waals surface area contributed by atoms with Crippen molar-refractivity contribution in [3.63, 3.8) is 0 Å². The van der Waals surface area contributed by atoms with E-state index in [1.165, 1.54) is 0 Å². The van der Waals surface area contributed by atoms with Crippen molar-refractivity contribution < 1.29 is 13.6 Å². The van der Waals surface area contributed by atoms with Crippen molar-refractivity contribution in [2.75, 3.05) is 19.8 Å². The highest BCUT2D eigenvalue weighted by atomic mass is 31.2. The van der Waals surface area contributed by atoms with Crippen LogP contribution in [0.3, 0.4) is 0 Å². The van der Waals surface area contributed by atoms with E-state index >= 15 is 0 Å². The first-order valence-electron chi connectivity index (χ1n) is 6.61. The molecule has 0 aliphatic heterocycles. The summed E-state index contributed by atoms with van der Waals surface area (Å²) in [5, 5.41) is 0.536. The first-order valence-corrected chi connectivity index (χ1v) is 8.15. The Hall–Kier alpha value is -0.150. The van der Waals surface area contributed by atoms with Gasteiger partial charge in [0.25, 0.3) is 0 Å². The molecular formula is C13H28NO3P. The Morgan fingerprint density at radius 1 is 1.11 bits per heavy atom. The molecule has 0 atom stereocenters. The molecule has 0 fully saturated rings. The lowest BCUT2D eigenvalue weighted by molar-refractivity contribution is 0.185. The number of hydrogen-bond acceptors (Lipinski definition) is 4. The standard InChI is InChI=1S/C13H28NO3P/c1-8-16-18(15,17-9-2)13(7)10-14(11(3)4)12(5)6/h11-12H,7-10H2,1-6H3. The zero-order chi connectivity index (χ0) is 14.3. The highest BCUT2D eigenvalue weighted by Crippen LogP contribution is 2.55. The fraction of sp³-hybridized carbons (Fsp3) is 0.846. The molecule has 0 saturated carbocycles. The van der Waals surface area contributed by atoms with Crippen molar-refractivity contribution >= 4 is 7.60 Å². The molecule has 0 aromatic carbocycles. The quantitative estimate of drug-likeness (QED) is 0.599. The predicted molar refractivity (Wildman–Crippen MR) is 77.0 cm³/mol. The monoisotopic (exact) mass is 277 g/mol. The lowest BCUT2D eigenvalue weighted by Crippen LogP contribution is -2.38. The third-order valence-electron chi connectivity index (χ3n) is 2.68. The first-order chi connectivity index (χ1) is 8.28.